The van der Waals surface area contributed by atoms with E-state index in [4.69, 9.17) is 16.7 Å². The number of aliphatic hydroxyl groups excluding tert-OH is 1. The maximum absolute atomic E-state index is 14.0. The molecule has 0 spiro atoms. The van der Waals surface area contributed by atoms with E-state index in [9.17, 15) is 12.8 Å². The molecule has 1 N–H and O–H groups in total. The van der Waals surface area contributed by atoms with Crippen LogP contribution in [0.5, 0.6) is 0 Å². The van der Waals surface area contributed by atoms with Crippen LogP contribution in [0.4, 0.5) is 4.39 Å². The van der Waals surface area contributed by atoms with Crippen molar-refractivity contribution < 1.29 is 17.9 Å². The van der Waals surface area contributed by atoms with Gasteiger partial charge >= 0.3 is 0 Å². The van der Waals surface area contributed by atoms with Crippen molar-refractivity contribution in [3.05, 3.63) is 29.0 Å². The lowest BCUT2D eigenvalue weighted by Crippen LogP contribution is -2.41. The summed E-state index contributed by atoms with van der Waals surface area (Å²) in [6, 6.07) is 3.74. The van der Waals surface area contributed by atoms with Crippen LogP contribution < -0.4 is 0 Å². The molecule has 1 aromatic carbocycles. The molecule has 20 heavy (non-hydrogen) atoms. The summed E-state index contributed by atoms with van der Waals surface area (Å²) in [7, 11) is -3.99. The van der Waals surface area contributed by atoms with Crippen molar-refractivity contribution >= 4 is 21.6 Å². The average molecular weight is 322 g/mol. The van der Waals surface area contributed by atoms with Crippen molar-refractivity contribution in [3.8, 4) is 0 Å². The maximum Gasteiger partial charge on any atom is 0.246 e. The molecule has 1 aliphatic rings. The zero-order chi connectivity index (χ0) is 14.8. The van der Waals surface area contributed by atoms with Crippen LogP contribution in [-0.2, 0) is 10.0 Å². The van der Waals surface area contributed by atoms with Gasteiger partial charge < -0.3 is 5.11 Å². The van der Waals surface area contributed by atoms with Crippen LogP contribution in [0.3, 0.4) is 0 Å². The first-order valence-corrected chi connectivity index (χ1v) is 8.37. The highest BCUT2D eigenvalue weighted by molar-refractivity contribution is 7.89. The number of aliphatic hydroxyl groups is 1. The smallest absolute Gasteiger partial charge is 0.246 e. The van der Waals surface area contributed by atoms with Gasteiger partial charge in [-0.1, -0.05) is 30.5 Å². The summed E-state index contributed by atoms with van der Waals surface area (Å²) in [5.74, 6) is -0.935. The molecule has 0 saturated heterocycles. The molecule has 2 rings (SSSR count). The second kappa shape index (κ2) is 6.39. The molecule has 0 unspecified atom stereocenters. The lowest BCUT2D eigenvalue weighted by Gasteiger charge is -2.27. The van der Waals surface area contributed by atoms with E-state index in [-0.39, 0.29) is 24.2 Å². The standard InChI is InChI=1S/C13H17ClFNO3S/c14-11-6-3-7-12(13(11)15)20(18,19)16(8-9-17)10-4-1-2-5-10/h3,6-7,10,17H,1-2,4-5,8-9H2. The molecule has 7 heteroatoms. The monoisotopic (exact) mass is 321 g/mol. The van der Waals surface area contributed by atoms with Gasteiger partial charge in [0, 0.05) is 12.6 Å². The number of halogens is 2. The average Bonchev–Trinajstić information content (AvgIpc) is 2.92. The molecule has 0 aromatic heterocycles. The largest absolute Gasteiger partial charge is 0.395 e. The van der Waals surface area contributed by atoms with Crippen LogP contribution in [0.15, 0.2) is 23.1 Å². The first-order chi connectivity index (χ1) is 9.48. The first kappa shape index (κ1) is 15.7. The van der Waals surface area contributed by atoms with Crippen LogP contribution in [0.25, 0.3) is 0 Å². The summed E-state index contributed by atoms with van der Waals surface area (Å²) in [4.78, 5) is -0.426. The van der Waals surface area contributed by atoms with E-state index in [0.717, 1.165) is 25.7 Å². The van der Waals surface area contributed by atoms with E-state index in [1.54, 1.807) is 0 Å². The fourth-order valence-electron chi connectivity index (χ4n) is 2.60. The van der Waals surface area contributed by atoms with Gasteiger partial charge in [-0.3, -0.25) is 0 Å². The fraction of sp³-hybridized carbons (Fsp3) is 0.538. The molecule has 0 radical (unpaired) electrons. The second-order valence-electron chi connectivity index (χ2n) is 4.83. The van der Waals surface area contributed by atoms with Gasteiger partial charge in [-0.05, 0) is 25.0 Å². The summed E-state index contributed by atoms with van der Waals surface area (Å²) in [6.07, 6.45) is 3.36. The second-order valence-corrected chi connectivity index (χ2v) is 7.10. The molecule has 0 atom stereocenters. The lowest BCUT2D eigenvalue weighted by atomic mass is 10.2. The molecule has 4 nitrogen and oxygen atoms in total. The molecule has 1 fully saturated rings. The zero-order valence-electron chi connectivity index (χ0n) is 10.9. The molecular formula is C13H17ClFNO3S. The minimum atomic E-state index is -3.99. The number of rotatable bonds is 5. The van der Waals surface area contributed by atoms with Gasteiger partial charge in [-0.25, -0.2) is 12.8 Å². The molecule has 1 aliphatic carbocycles. The van der Waals surface area contributed by atoms with Crippen molar-refractivity contribution in [2.45, 2.75) is 36.6 Å². The fourth-order valence-corrected chi connectivity index (χ4v) is 4.59. The van der Waals surface area contributed by atoms with Crippen molar-refractivity contribution in [1.82, 2.24) is 4.31 Å². The van der Waals surface area contributed by atoms with Gasteiger partial charge in [0.15, 0.2) is 5.82 Å². The summed E-state index contributed by atoms with van der Waals surface area (Å²) >= 11 is 5.65. The van der Waals surface area contributed by atoms with E-state index in [2.05, 4.69) is 0 Å². The molecule has 0 aliphatic heterocycles. The van der Waals surface area contributed by atoms with E-state index in [1.807, 2.05) is 0 Å². The van der Waals surface area contributed by atoms with Crippen LogP contribution in [0.2, 0.25) is 5.02 Å². The third-order valence-electron chi connectivity index (χ3n) is 3.56. The number of benzene rings is 1. The van der Waals surface area contributed by atoms with Gasteiger partial charge in [-0.15, -0.1) is 0 Å². The molecule has 112 valence electrons. The minimum Gasteiger partial charge on any atom is -0.395 e. The Kier molecular flexibility index (Phi) is 5.01. The molecule has 1 saturated carbocycles. The number of sulfonamides is 1. The van der Waals surface area contributed by atoms with Gasteiger partial charge in [0.2, 0.25) is 10.0 Å². The van der Waals surface area contributed by atoms with E-state index < -0.39 is 20.7 Å². The Morgan fingerprint density at radius 3 is 2.60 bits per heavy atom. The van der Waals surface area contributed by atoms with Crippen LogP contribution >= 0.6 is 11.6 Å². The highest BCUT2D eigenvalue weighted by atomic mass is 35.5. The lowest BCUT2D eigenvalue weighted by molar-refractivity contribution is 0.226. The summed E-state index contributed by atoms with van der Waals surface area (Å²) in [5.41, 5.74) is 0. The maximum atomic E-state index is 14.0. The number of nitrogens with zero attached hydrogens (tertiary/aromatic N) is 1. The number of hydrogen-bond acceptors (Lipinski definition) is 3. The van der Waals surface area contributed by atoms with E-state index in [0.29, 0.717) is 0 Å². The molecular weight excluding hydrogens is 305 g/mol. The predicted molar refractivity (Wildman–Crippen MR) is 74.6 cm³/mol. The normalized spacial score (nSPS) is 17.0. The third kappa shape index (κ3) is 2.98. The third-order valence-corrected chi connectivity index (χ3v) is 5.82. The molecule has 0 heterocycles. The van der Waals surface area contributed by atoms with Crippen molar-refractivity contribution in [3.63, 3.8) is 0 Å². The summed E-state index contributed by atoms with van der Waals surface area (Å²) in [6.45, 7) is -0.323. The van der Waals surface area contributed by atoms with E-state index in [1.165, 1.54) is 22.5 Å². The Morgan fingerprint density at radius 2 is 2.00 bits per heavy atom. The van der Waals surface area contributed by atoms with Gasteiger partial charge in [-0.2, -0.15) is 4.31 Å². The highest BCUT2D eigenvalue weighted by Gasteiger charge is 2.34. The Hall–Kier alpha value is -0.690. The molecule has 0 bridgehead atoms. The Bertz CT molecular complexity index is 573. The topological polar surface area (TPSA) is 57.6 Å². The van der Waals surface area contributed by atoms with Crippen molar-refractivity contribution in [2.24, 2.45) is 0 Å². The van der Waals surface area contributed by atoms with Gasteiger partial charge in [0.1, 0.15) is 4.90 Å². The van der Waals surface area contributed by atoms with Crippen LogP contribution in [-0.4, -0.2) is 37.0 Å². The Morgan fingerprint density at radius 1 is 1.35 bits per heavy atom. The van der Waals surface area contributed by atoms with Crippen LogP contribution in [0, 0.1) is 5.82 Å². The summed E-state index contributed by atoms with van der Waals surface area (Å²) in [5, 5.41) is 8.88. The minimum absolute atomic E-state index is 0.0288. The van der Waals surface area contributed by atoms with Gasteiger partial charge in [0.05, 0.1) is 11.6 Å². The van der Waals surface area contributed by atoms with Crippen molar-refractivity contribution in [2.75, 3.05) is 13.2 Å². The Balaban J connectivity index is 2.42. The molecule has 0 amide bonds. The predicted octanol–water partition coefficient (Wildman–Crippen LogP) is 2.40. The van der Waals surface area contributed by atoms with E-state index >= 15 is 0 Å². The quantitative estimate of drug-likeness (QED) is 0.906. The zero-order valence-corrected chi connectivity index (χ0v) is 12.5. The Labute approximate surface area is 123 Å². The highest BCUT2D eigenvalue weighted by Crippen LogP contribution is 2.30. The summed E-state index contributed by atoms with van der Waals surface area (Å²) < 4.78 is 40.4. The van der Waals surface area contributed by atoms with Gasteiger partial charge in [0.25, 0.3) is 0 Å². The first-order valence-electron chi connectivity index (χ1n) is 6.55. The molecule has 1 aromatic rings. The van der Waals surface area contributed by atoms with Crippen LogP contribution in [0.1, 0.15) is 25.7 Å². The SMILES string of the molecule is O=S(=O)(c1cccc(Cl)c1F)N(CCO)C1CCCC1. The number of hydrogen-bond donors (Lipinski definition) is 1. The van der Waals surface area contributed by atoms with Crippen molar-refractivity contribution in [1.29, 1.82) is 0 Å².